The van der Waals surface area contributed by atoms with Crippen LogP contribution in [0.2, 0.25) is 0 Å². The number of nitrogens with one attached hydrogen (secondary N) is 1. The Kier molecular flexibility index (Phi) is 4.13. The fourth-order valence-electron chi connectivity index (χ4n) is 3.00. The van der Waals surface area contributed by atoms with E-state index in [1.807, 2.05) is 4.90 Å². The summed E-state index contributed by atoms with van der Waals surface area (Å²) in [6, 6.07) is 0.432. The van der Waals surface area contributed by atoms with Crippen LogP contribution < -0.4 is 5.32 Å². The lowest BCUT2D eigenvalue weighted by atomic mass is 10.0. The molecule has 2 aliphatic rings. The summed E-state index contributed by atoms with van der Waals surface area (Å²) in [6.07, 6.45) is 4.03. The summed E-state index contributed by atoms with van der Waals surface area (Å²) in [7, 11) is 2.13. The number of likely N-dealkylation sites (N-methyl/N-ethyl adjacent to an activating group) is 1. The van der Waals surface area contributed by atoms with Crippen molar-refractivity contribution in [3.63, 3.8) is 0 Å². The van der Waals surface area contributed by atoms with Gasteiger partial charge in [-0.1, -0.05) is 6.42 Å². The molecule has 2 amide bonds. The SMILES string of the molecule is CN1CCCCC1CN1CCC(=O)NC(C)(C)C1=O. The van der Waals surface area contributed by atoms with E-state index in [0.717, 1.165) is 19.5 Å². The zero-order valence-corrected chi connectivity index (χ0v) is 12.2. The molecule has 108 valence electrons. The Bertz CT molecular complexity index is 368. The summed E-state index contributed by atoms with van der Waals surface area (Å²) in [4.78, 5) is 28.3. The Morgan fingerprint density at radius 2 is 2.00 bits per heavy atom. The van der Waals surface area contributed by atoms with Crippen LogP contribution in [0.3, 0.4) is 0 Å². The number of rotatable bonds is 2. The lowest BCUT2D eigenvalue weighted by Crippen LogP contribution is -2.55. The van der Waals surface area contributed by atoms with Gasteiger partial charge in [-0.15, -0.1) is 0 Å². The molecule has 0 saturated carbocycles. The predicted octanol–water partition coefficient (Wildman–Crippen LogP) is 0.598. The Labute approximate surface area is 115 Å². The molecule has 0 aromatic carbocycles. The van der Waals surface area contributed by atoms with Gasteiger partial charge in [0, 0.05) is 25.6 Å². The Hall–Kier alpha value is -1.10. The monoisotopic (exact) mass is 267 g/mol. The normalized spacial score (nSPS) is 29.0. The first-order chi connectivity index (χ1) is 8.90. The highest BCUT2D eigenvalue weighted by molar-refractivity contribution is 5.92. The Morgan fingerprint density at radius 1 is 1.26 bits per heavy atom. The number of carbonyl (C=O) groups is 2. The lowest BCUT2D eigenvalue weighted by molar-refractivity contribution is -0.138. The second kappa shape index (κ2) is 5.49. The fourth-order valence-corrected chi connectivity index (χ4v) is 3.00. The van der Waals surface area contributed by atoms with E-state index in [-0.39, 0.29) is 11.8 Å². The van der Waals surface area contributed by atoms with E-state index >= 15 is 0 Å². The minimum Gasteiger partial charge on any atom is -0.342 e. The lowest BCUT2D eigenvalue weighted by Gasteiger charge is -2.37. The summed E-state index contributed by atoms with van der Waals surface area (Å²) in [5, 5.41) is 2.80. The number of nitrogens with zero attached hydrogens (tertiary/aromatic N) is 2. The van der Waals surface area contributed by atoms with Crippen LogP contribution >= 0.6 is 0 Å². The topological polar surface area (TPSA) is 52.6 Å². The summed E-state index contributed by atoms with van der Waals surface area (Å²) < 4.78 is 0. The molecule has 1 atom stereocenters. The third kappa shape index (κ3) is 3.26. The van der Waals surface area contributed by atoms with Gasteiger partial charge in [-0.2, -0.15) is 0 Å². The molecule has 2 heterocycles. The maximum Gasteiger partial charge on any atom is 0.247 e. The Balaban J connectivity index is 2.05. The maximum absolute atomic E-state index is 12.5. The predicted molar refractivity (Wildman–Crippen MR) is 73.7 cm³/mol. The van der Waals surface area contributed by atoms with Gasteiger partial charge in [-0.05, 0) is 40.3 Å². The van der Waals surface area contributed by atoms with E-state index in [0.29, 0.717) is 19.0 Å². The van der Waals surface area contributed by atoms with Crippen LogP contribution in [0.4, 0.5) is 0 Å². The van der Waals surface area contributed by atoms with E-state index in [1.54, 1.807) is 13.8 Å². The highest BCUT2D eigenvalue weighted by atomic mass is 16.2. The van der Waals surface area contributed by atoms with Crippen molar-refractivity contribution in [3.8, 4) is 0 Å². The fraction of sp³-hybridized carbons (Fsp3) is 0.857. The molecule has 19 heavy (non-hydrogen) atoms. The second-order valence-electron chi connectivity index (χ2n) is 6.30. The molecule has 0 aliphatic carbocycles. The Morgan fingerprint density at radius 3 is 2.68 bits per heavy atom. The molecule has 0 spiro atoms. The first-order valence-corrected chi connectivity index (χ1v) is 7.21. The van der Waals surface area contributed by atoms with Gasteiger partial charge < -0.3 is 15.1 Å². The molecule has 0 radical (unpaired) electrons. The van der Waals surface area contributed by atoms with Crippen LogP contribution in [0.5, 0.6) is 0 Å². The minimum atomic E-state index is -0.777. The van der Waals surface area contributed by atoms with Gasteiger partial charge >= 0.3 is 0 Å². The van der Waals surface area contributed by atoms with Gasteiger partial charge in [0.1, 0.15) is 5.54 Å². The number of carbonyl (C=O) groups excluding carboxylic acids is 2. The minimum absolute atomic E-state index is 0.0298. The molecule has 2 fully saturated rings. The summed E-state index contributed by atoms with van der Waals surface area (Å²) in [5.41, 5.74) is -0.777. The molecule has 2 aliphatic heterocycles. The highest BCUT2D eigenvalue weighted by Gasteiger charge is 2.37. The third-order valence-corrected chi connectivity index (χ3v) is 4.24. The van der Waals surface area contributed by atoms with Gasteiger partial charge in [-0.3, -0.25) is 9.59 Å². The first-order valence-electron chi connectivity index (χ1n) is 7.21. The van der Waals surface area contributed by atoms with Crippen molar-refractivity contribution in [1.29, 1.82) is 0 Å². The van der Waals surface area contributed by atoms with Crippen LogP contribution in [-0.2, 0) is 9.59 Å². The van der Waals surface area contributed by atoms with E-state index in [4.69, 9.17) is 0 Å². The highest BCUT2D eigenvalue weighted by Crippen LogP contribution is 2.19. The van der Waals surface area contributed by atoms with E-state index in [9.17, 15) is 9.59 Å². The number of amides is 2. The second-order valence-corrected chi connectivity index (χ2v) is 6.30. The molecule has 0 aromatic rings. The van der Waals surface area contributed by atoms with Crippen LogP contribution in [0.15, 0.2) is 0 Å². The van der Waals surface area contributed by atoms with Crippen molar-refractivity contribution in [2.24, 2.45) is 0 Å². The van der Waals surface area contributed by atoms with Crippen LogP contribution in [0, 0.1) is 0 Å². The number of hydrogen-bond acceptors (Lipinski definition) is 3. The van der Waals surface area contributed by atoms with Gasteiger partial charge in [0.2, 0.25) is 11.8 Å². The summed E-state index contributed by atoms with van der Waals surface area (Å²) in [5.74, 6) is 0.00942. The zero-order chi connectivity index (χ0) is 14.0. The van der Waals surface area contributed by atoms with Crippen LogP contribution in [-0.4, -0.2) is 59.9 Å². The summed E-state index contributed by atoms with van der Waals surface area (Å²) in [6.45, 7) is 5.96. The summed E-state index contributed by atoms with van der Waals surface area (Å²) >= 11 is 0. The van der Waals surface area contributed by atoms with Crippen molar-refractivity contribution < 1.29 is 9.59 Å². The zero-order valence-electron chi connectivity index (χ0n) is 12.2. The molecular formula is C14H25N3O2. The number of piperidine rings is 1. The van der Waals surface area contributed by atoms with Crippen LogP contribution in [0.1, 0.15) is 39.5 Å². The molecule has 1 N–H and O–H groups in total. The van der Waals surface area contributed by atoms with Gasteiger partial charge in [-0.25, -0.2) is 0 Å². The molecule has 5 heteroatoms. The van der Waals surface area contributed by atoms with Gasteiger partial charge in [0.25, 0.3) is 0 Å². The van der Waals surface area contributed by atoms with E-state index in [1.165, 1.54) is 12.8 Å². The molecule has 5 nitrogen and oxygen atoms in total. The smallest absolute Gasteiger partial charge is 0.247 e. The van der Waals surface area contributed by atoms with Crippen LogP contribution in [0.25, 0.3) is 0 Å². The molecule has 2 rings (SSSR count). The number of hydrogen-bond donors (Lipinski definition) is 1. The average Bonchev–Trinajstić information content (AvgIpc) is 2.43. The molecular weight excluding hydrogens is 242 g/mol. The van der Waals surface area contributed by atoms with Gasteiger partial charge in [0.15, 0.2) is 0 Å². The van der Waals surface area contributed by atoms with Crippen molar-refractivity contribution in [2.45, 2.75) is 51.1 Å². The molecule has 2 saturated heterocycles. The first kappa shape index (κ1) is 14.3. The van der Waals surface area contributed by atoms with Crippen molar-refractivity contribution >= 4 is 11.8 Å². The molecule has 1 unspecified atom stereocenters. The quantitative estimate of drug-likeness (QED) is 0.797. The largest absolute Gasteiger partial charge is 0.342 e. The third-order valence-electron chi connectivity index (χ3n) is 4.24. The standard InChI is InChI=1S/C14H25N3O2/c1-14(2)13(19)17(9-7-12(18)15-14)10-11-6-4-5-8-16(11)3/h11H,4-10H2,1-3H3,(H,15,18). The van der Waals surface area contributed by atoms with Crippen molar-refractivity contribution in [1.82, 2.24) is 15.1 Å². The number of likely N-dealkylation sites (tertiary alicyclic amines) is 1. The van der Waals surface area contributed by atoms with Crippen molar-refractivity contribution in [3.05, 3.63) is 0 Å². The molecule has 0 aromatic heterocycles. The van der Waals surface area contributed by atoms with E-state index < -0.39 is 5.54 Å². The molecule has 0 bridgehead atoms. The van der Waals surface area contributed by atoms with E-state index in [2.05, 4.69) is 17.3 Å². The average molecular weight is 267 g/mol. The van der Waals surface area contributed by atoms with Crippen molar-refractivity contribution in [2.75, 3.05) is 26.7 Å². The maximum atomic E-state index is 12.5. The van der Waals surface area contributed by atoms with Gasteiger partial charge in [0.05, 0.1) is 0 Å².